The van der Waals surface area contributed by atoms with Gasteiger partial charge in [0.1, 0.15) is 5.75 Å². The van der Waals surface area contributed by atoms with Crippen molar-refractivity contribution in [2.75, 3.05) is 6.54 Å². The van der Waals surface area contributed by atoms with Gasteiger partial charge in [0.2, 0.25) is 0 Å². The van der Waals surface area contributed by atoms with E-state index >= 15 is 0 Å². The minimum atomic E-state index is -1.08. The molecule has 4 nitrogen and oxygen atoms in total. The van der Waals surface area contributed by atoms with E-state index in [9.17, 15) is 4.79 Å². The number of amides is 1. The van der Waals surface area contributed by atoms with Gasteiger partial charge >= 0.3 is 6.09 Å². The molecule has 1 aliphatic rings. The molecule has 2 atom stereocenters. The molecule has 0 bridgehead atoms. The Morgan fingerprint density at radius 2 is 2.04 bits per heavy atom. The first kappa shape index (κ1) is 16.1. The largest absolute Gasteiger partial charge is 0.480 e. The number of nitrogens with one attached hydrogen (secondary N) is 1. The van der Waals surface area contributed by atoms with Crippen LogP contribution in [-0.2, 0) is 5.60 Å². The maximum Gasteiger partial charge on any atom is 0.404 e. The second-order valence-electron chi connectivity index (χ2n) is 5.51. The SMILES string of the molecule is C[C@H]1c2c(ccc(Cl)c2Br)O[C@]1(CNC(=O)O)c1ccccc1. The standard InChI is InChI=1S/C17H15BrClNO3/c1-10-14-13(8-7-12(19)15(14)18)23-17(10,9-20-16(21)22)11-5-3-2-4-6-11/h2-8,10,20H,9H2,1H3,(H,21,22)/t10-,17-/m0/s1. The third-order valence-electron chi connectivity index (χ3n) is 4.28. The van der Waals surface area contributed by atoms with Crippen LogP contribution in [0.2, 0.25) is 5.02 Å². The molecule has 6 heteroatoms. The molecule has 0 unspecified atom stereocenters. The summed E-state index contributed by atoms with van der Waals surface area (Å²) in [5, 5.41) is 12.1. The highest BCUT2D eigenvalue weighted by atomic mass is 79.9. The van der Waals surface area contributed by atoms with E-state index in [4.69, 9.17) is 21.4 Å². The summed E-state index contributed by atoms with van der Waals surface area (Å²) in [5.74, 6) is 0.629. The van der Waals surface area contributed by atoms with Crippen LogP contribution in [0.3, 0.4) is 0 Å². The molecule has 1 heterocycles. The van der Waals surface area contributed by atoms with E-state index in [0.717, 1.165) is 15.6 Å². The van der Waals surface area contributed by atoms with E-state index in [0.29, 0.717) is 10.8 Å². The van der Waals surface area contributed by atoms with Crippen molar-refractivity contribution in [1.29, 1.82) is 0 Å². The molecule has 0 aromatic heterocycles. The van der Waals surface area contributed by atoms with Gasteiger partial charge in [-0.25, -0.2) is 4.79 Å². The van der Waals surface area contributed by atoms with Crippen LogP contribution >= 0.6 is 27.5 Å². The van der Waals surface area contributed by atoms with Crippen molar-refractivity contribution in [2.45, 2.75) is 18.4 Å². The van der Waals surface area contributed by atoms with E-state index in [-0.39, 0.29) is 12.5 Å². The maximum atomic E-state index is 11.0. The highest BCUT2D eigenvalue weighted by Gasteiger charge is 2.48. The Labute approximate surface area is 147 Å². The van der Waals surface area contributed by atoms with Gasteiger partial charge in [0, 0.05) is 16.0 Å². The Bertz CT molecular complexity index is 753. The molecule has 0 fully saturated rings. The lowest BCUT2D eigenvalue weighted by Gasteiger charge is -2.33. The lowest BCUT2D eigenvalue weighted by molar-refractivity contribution is 0.0691. The summed E-state index contributed by atoms with van der Waals surface area (Å²) < 4.78 is 7.05. The van der Waals surface area contributed by atoms with Crippen molar-refractivity contribution in [3.63, 3.8) is 0 Å². The fraction of sp³-hybridized carbons (Fsp3) is 0.235. The third kappa shape index (κ3) is 2.68. The quantitative estimate of drug-likeness (QED) is 0.786. The van der Waals surface area contributed by atoms with Crippen molar-refractivity contribution in [1.82, 2.24) is 5.32 Å². The highest BCUT2D eigenvalue weighted by Crippen LogP contribution is 2.53. The monoisotopic (exact) mass is 395 g/mol. The Kier molecular flexibility index (Phi) is 4.25. The maximum absolute atomic E-state index is 11.0. The molecule has 2 aromatic carbocycles. The zero-order valence-corrected chi connectivity index (χ0v) is 14.7. The molecule has 23 heavy (non-hydrogen) atoms. The Balaban J connectivity index is 2.11. The molecule has 1 amide bonds. The average Bonchev–Trinajstić information content (AvgIpc) is 2.84. The van der Waals surface area contributed by atoms with Crippen molar-refractivity contribution in [3.8, 4) is 5.75 Å². The van der Waals surface area contributed by atoms with Gasteiger partial charge in [-0.1, -0.05) is 48.9 Å². The number of fused-ring (bicyclic) bond motifs is 1. The number of benzene rings is 2. The Hall–Kier alpha value is -1.72. The van der Waals surface area contributed by atoms with Crippen LogP contribution in [0.15, 0.2) is 46.9 Å². The van der Waals surface area contributed by atoms with Crippen LogP contribution in [0.25, 0.3) is 0 Å². The van der Waals surface area contributed by atoms with Gasteiger partial charge in [0.25, 0.3) is 0 Å². The first-order chi connectivity index (χ1) is 11.0. The Morgan fingerprint density at radius 3 is 2.70 bits per heavy atom. The summed E-state index contributed by atoms with van der Waals surface area (Å²) in [5.41, 5.74) is 1.06. The smallest absolute Gasteiger partial charge is 0.404 e. The molecule has 120 valence electrons. The van der Waals surface area contributed by atoms with Gasteiger partial charge in [-0.15, -0.1) is 0 Å². The first-order valence-corrected chi connectivity index (χ1v) is 8.32. The predicted molar refractivity (Wildman–Crippen MR) is 92.3 cm³/mol. The minimum Gasteiger partial charge on any atom is -0.480 e. The van der Waals surface area contributed by atoms with Crippen LogP contribution in [0, 0.1) is 0 Å². The first-order valence-electron chi connectivity index (χ1n) is 7.15. The molecule has 0 saturated carbocycles. The van der Waals surface area contributed by atoms with E-state index in [1.165, 1.54) is 0 Å². The lowest BCUT2D eigenvalue weighted by Crippen LogP contribution is -2.45. The molecular weight excluding hydrogens is 382 g/mol. The van der Waals surface area contributed by atoms with Gasteiger partial charge in [-0.3, -0.25) is 0 Å². The number of carboxylic acid groups (broad SMARTS) is 1. The van der Waals surface area contributed by atoms with Crippen molar-refractivity contribution < 1.29 is 14.6 Å². The lowest BCUT2D eigenvalue weighted by atomic mass is 9.80. The van der Waals surface area contributed by atoms with Gasteiger partial charge in [0.05, 0.1) is 11.6 Å². The molecular formula is C17H15BrClNO3. The molecule has 0 saturated heterocycles. The van der Waals surface area contributed by atoms with Crippen LogP contribution in [0.5, 0.6) is 5.75 Å². The molecule has 0 radical (unpaired) electrons. The molecule has 2 N–H and O–H groups in total. The number of hydrogen-bond acceptors (Lipinski definition) is 2. The van der Waals surface area contributed by atoms with E-state index < -0.39 is 11.7 Å². The van der Waals surface area contributed by atoms with E-state index in [2.05, 4.69) is 21.2 Å². The number of carbonyl (C=O) groups is 1. The van der Waals surface area contributed by atoms with Crippen LogP contribution in [0.1, 0.15) is 24.0 Å². The van der Waals surface area contributed by atoms with E-state index in [1.807, 2.05) is 43.3 Å². The van der Waals surface area contributed by atoms with Crippen LogP contribution in [0.4, 0.5) is 4.79 Å². The summed E-state index contributed by atoms with van der Waals surface area (Å²) >= 11 is 9.74. The summed E-state index contributed by atoms with van der Waals surface area (Å²) in [6, 6.07) is 13.2. The molecule has 2 aromatic rings. The fourth-order valence-corrected chi connectivity index (χ4v) is 3.92. The molecule has 3 rings (SSSR count). The zero-order valence-electron chi connectivity index (χ0n) is 12.3. The van der Waals surface area contributed by atoms with Crippen molar-refractivity contribution >= 4 is 33.6 Å². The minimum absolute atomic E-state index is 0.0835. The van der Waals surface area contributed by atoms with E-state index in [1.54, 1.807) is 6.07 Å². The predicted octanol–water partition coefficient (Wildman–Crippen LogP) is 4.76. The molecule has 1 aliphatic heterocycles. The van der Waals surface area contributed by atoms with Crippen LogP contribution < -0.4 is 10.1 Å². The molecule has 0 aliphatic carbocycles. The Morgan fingerprint density at radius 1 is 1.35 bits per heavy atom. The van der Waals surface area contributed by atoms with Crippen molar-refractivity contribution in [2.24, 2.45) is 0 Å². The second kappa shape index (κ2) is 6.06. The number of rotatable bonds is 3. The summed E-state index contributed by atoms with van der Waals surface area (Å²) in [6.45, 7) is 2.16. The van der Waals surface area contributed by atoms with Gasteiger partial charge in [-0.2, -0.15) is 0 Å². The second-order valence-corrected chi connectivity index (χ2v) is 6.71. The van der Waals surface area contributed by atoms with Gasteiger partial charge < -0.3 is 15.2 Å². The number of halogens is 2. The number of hydrogen-bond donors (Lipinski definition) is 2. The van der Waals surface area contributed by atoms with Gasteiger partial charge in [-0.05, 0) is 33.6 Å². The van der Waals surface area contributed by atoms with Crippen molar-refractivity contribution in [3.05, 3.63) is 63.1 Å². The summed E-state index contributed by atoms with van der Waals surface area (Å²) in [4.78, 5) is 11.0. The zero-order chi connectivity index (χ0) is 16.6. The molecule has 0 spiro atoms. The fourth-order valence-electron chi connectivity index (χ4n) is 3.09. The third-order valence-corrected chi connectivity index (χ3v) is 5.68. The van der Waals surface area contributed by atoms with Crippen LogP contribution in [-0.4, -0.2) is 17.7 Å². The number of ether oxygens (including phenoxy) is 1. The summed E-state index contributed by atoms with van der Waals surface area (Å²) in [7, 11) is 0. The van der Waals surface area contributed by atoms with Gasteiger partial charge in [0.15, 0.2) is 5.60 Å². The average molecular weight is 397 g/mol. The highest BCUT2D eigenvalue weighted by molar-refractivity contribution is 9.10. The normalized spacial score (nSPS) is 22.3. The topological polar surface area (TPSA) is 58.6 Å². The summed E-state index contributed by atoms with van der Waals surface area (Å²) in [6.07, 6.45) is -1.08.